The van der Waals surface area contributed by atoms with E-state index in [1.807, 2.05) is 20.8 Å². The third kappa shape index (κ3) is 3.61. The molecule has 0 spiro atoms. The first-order chi connectivity index (χ1) is 8.78. The SMILES string of the molecule is CC(C)(C)OC(=O)N1CCC(C2CC2)C(C(=O)O)C1. The lowest BCUT2D eigenvalue weighted by Crippen LogP contribution is -2.48. The zero-order valence-electron chi connectivity index (χ0n) is 11.9. The van der Waals surface area contributed by atoms with Crippen LogP contribution in [0.15, 0.2) is 0 Å². The molecule has 1 heterocycles. The second kappa shape index (κ2) is 5.02. The van der Waals surface area contributed by atoms with E-state index in [0.29, 0.717) is 12.5 Å². The standard InChI is InChI=1S/C14H23NO4/c1-14(2,3)19-13(18)15-7-6-10(9-4-5-9)11(8-15)12(16)17/h9-11H,4-8H2,1-3H3,(H,16,17). The Hall–Kier alpha value is -1.26. The summed E-state index contributed by atoms with van der Waals surface area (Å²) in [7, 11) is 0. The van der Waals surface area contributed by atoms with Gasteiger partial charge in [0.15, 0.2) is 0 Å². The highest BCUT2D eigenvalue weighted by atomic mass is 16.6. The Labute approximate surface area is 113 Å². The van der Waals surface area contributed by atoms with Crippen molar-refractivity contribution >= 4 is 12.1 Å². The number of nitrogens with zero attached hydrogens (tertiary/aromatic N) is 1. The topological polar surface area (TPSA) is 66.8 Å². The molecule has 0 aromatic rings. The lowest BCUT2D eigenvalue weighted by molar-refractivity contribution is -0.146. The first-order valence-electron chi connectivity index (χ1n) is 6.98. The van der Waals surface area contributed by atoms with Gasteiger partial charge in [0.05, 0.1) is 5.92 Å². The molecule has 1 saturated carbocycles. The molecule has 1 saturated heterocycles. The Balaban J connectivity index is 1.98. The molecule has 5 nitrogen and oxygen atoms in total. The fourth-order valence-electron chi connectivity index (χ4n) is 2.81. The predicted molar refractivity (Wildman–Crippen MR) is 69.8 cm³/mol. The number of piperidine rings is 1. The third-order valence-corrected chi connectivity index (χ3v) is 3.86. The van der Waals surface area contributed by atoms with Crippen LogP contribution in [-0.4, -0.2) is 40.8 Å². The number of ether oxygens (including phenoxy) is 1. The van der Waals surface area contributed by atoms with E-state index in [9.17, 15) is 14.7 Å². The Morgan fingerprint density at radius 2 is 1.84 bits per heavy atom. The van der Waals surface area contributed by atoms with Crippen molar-refractivity contribution in [2.45, 2.75) is 45.6 Å². The molecule has 2 unspecified atom stereocenters. The van der Waals surface area contributed by atoms with Crippen LogP contribution in [-0.2, 0) is 9.53 Å². The summed E-state index contributed by atoms with van der Waals surface area (Å²) in [4.78, 5) is 24.9. The summed E-state index contributed by atoms with van der Waals surface area (Å²) in [6.07, 6.45) is 2.66. The van der Waals surface area contributed by atoms with Crippen molar-refractivity contribution in [2.24, 2.45) is 17.8 Å². The number of hydrogen-bond acceptors (Lipinski definition) is 3. The van der Waals surface area contributed by atoms with E-state index in [0.717, 1.165) is 19.3 Å². The summed E-state index contributed by atoms with van der Waals surface area (Å²) < 4.78 is 5.31. The zero-order valence-corrected chi connectivity index (χ0v) is 11.9. The second-order valence-electron chi connectivity index (χ2n) is 6.66. The summed E-state index contributed by atoms with van der Waals surface area (Å²) in [5, 5.41) is 9.34. The van der Waals surface area contributed by atoms with E-state index in [-0.39, 0.29) is 12.5 Å². The van der Waals surface area contributed by atoms with Gasteiger partial charge in [-0.3, -0.25) is 4.79 Å². The number of hydrogen-bond donors (Lipinski definition) is 1. The van der Waals surface area contributed by atoms with E-state index in [1.54, 1.807) is 4.90 Å². The Bertz CT molecular complexity index is 370. The van der Waals surface area contributed by atoms with Gasteiger partial charge in [0.25, 0.3) is 0 Å². The van der Waals surface area contributed by atoms with Gasteiger partial charge in [-0.15, -0.1) is 0 Å². The van der Waals surface area contributed by atoms with Crippen LogP contribution >= 0.6 is 0 Å². The van der Waals surface area contributed by atoms with Crippen molar-refractivity contribution in [2.75, 3.05) is 13.1 Å². The number of carboxylic acid groups (broad SMARTS) is 1. The molecule has 2 atom stereocenters. The van der Waals surface area contributed by atoms with Gasteiger partial charge < -0.3 is 14.7 Å². The molecule has 0 radical (unpaired) electrons. The van der Waals surface area contributed by atoms with Crippen LogP contribution in [0.3, 0.4) is 0 Å². The highest BCUT2D eigenvalue weighted by molar-refractivity contribution is 5.73. The van der Waals surface area contributed by atoms with Crippen molar-refractivity contribution in [3.63, 3.8) is 0 Å². The van der Waals surface area contributed by atoms with E-state index in [4.69, 9.17) is 4.74 Å². The molecule has 0 bridgehead atoms. The highest BCUT2D eigenvalue weighted by Gasteiger charge is 2.44. The van der Waals surface area contributed by atoms with Crippen molar-refractivity contribution in [3.8, 4) is 0 Å². The van der Waals surface area contributed by atoms with E-state index in [1.165, 1.54) is 0 Å². The summed E-state index contributed by atoms with van der Waals surface area (Å²) in [5.74, 6) is -0.433. The third-order valence-electron chi connectivity index (χ3n) is 3.86. The van der Waals surface area contributed by atoms with Gasteiger partial charge in [0.1, 0.15) is 5.60 Å². The predicted octanol–water partition coefficient (Wildman–Crippen LogP) is 2.35. The van der Waals surface area contributed by atoms with Crippen LogP contribution in [0.25, 0.3) is 0 Å². The van der Waals surface area contributed by atoms with Crippen LogP contribution in [0.2, 0.25) is 0 Å². The summed E-state index contributed by atoms with van der Waals surface area (Å²) in [5.41, 5.74) is -0.539. The Morgan fingerprint density at radius 3 is 2.32 bits per heavy atom. The lowest BCUT2D eigenvalue weighted by atomic mass is 9.82. The number of likely N-dealkylation sites (tertiary alicyclic amines) is 1. The van der Waals surface area contributed by atoms with Gasteiger partial charge in [-0.2, -0.15) is 0 Å². The Kier molecular flexibility index (Phi) is 3.74. The van der Waals surface area contributed by atoms with Crippen LogP contribution in [0.5, 0.6) is 0 Å². The molecule has 2 aliphatic rings. The summed E-state index contributed by atoms with van der Waals surface area (Å²) in [6, 6.07) is 0. The molecular formula is C14H23NO4. The van der Waals surface area contributed by atoms with Gasteiger partial charge in [0, 0.05) is 13.1 Å². The van der Waals surface area contributed by atoms with E-state index >= 15 is 0 Å². The number of carboxylic acids is 1. The summed E-state index contributed by atoms with van der Waals surface area (Å²) in [6.45, 7) is 6.34. The van der Waals surface area contributed by atoms with Gasteiger partial charge in [0.2, 0.25) is 0 Å². The van der Waals surface area contributed by atoms with Crippen LogP contribution < -0.4 is 0 Å². The van der Waals surface area contributed by atoms with Gasteiger partial charge >= 0.3 is 12.1 Å². The number of rotatable bonds is 2. The largest absolute Gasteiger partial charge is 0.481 e. The minimum Gasteiger partial charge on any atom is -0.481 e. The molecular weight excluding hydrogens is 246 g/mol. The first-order valence-corrected chi connectivity index (χ1v) is 6.98. The minimum atomic E-state index is -0.787. The molecule has 1 N–H and O–H groups in total. The minimum absolute atomic E-state index is 0.233. The van der Waals surface area contributed by atoms with Crippen molar-refractivity contribution in [3.05, 3.63) is 0 Å². The average Bonchev–Trinajstić information content (AvgIpc) is 3.09. The van der Waals surface area contributed by atoms with Gasteiger partial charge in [-0.1, -0.05) is 0 Å². The monoisotopic (exact) mass is 269 g/mol. The maximum Gasteiger partial charge on any atom is 0.410 e. The molecule has 0 aromatic carbocycles. The normalized spacial score (nSPS) is 28.1. The van der Waals surface area contributed by atoms with Crippen molar-refractivity contribution < 1.29 is 19.4 Å². The molecule has 1 amide bonds. The number of aliphatic carboxylic acids is 1. The lowest BCUT2D eigenvalue weighted by Gasteiger charge is -2.37. The molecule has 1 aliphatic heterocycles. The van der Waals surface area contributed by atoms with Gasteiger partial charge in [-0.25, -0.2) is 4.79 Å². The molecule has 2 fully saturated rings. The Morgan fingerprint density at radius 1 is 1.21 bits per heavy atom. The van der Waals surface area contributed by atoms with E-state index in [2.05, 4.69) is 0 Å². The molecule has 2 rings (SSSR count). The second-order valence-corrected chi connectivity index (χ2v) is 6.66. The van der Waals surface area contributed by atoms with Crippen LogP contribution in [0.4, 0.5) is 4.79 Å². The summed E-state index contributed by atoms with van der Waals surface area (Å²) >= 11 is 0. The molecule has 19 heavy (non-hydrogen) atoms. The van der Waals surface area contributed by atoms with Crippen molar-refractivity contribution in [1.29, 1.82) is 0 Å². The quantitative estimate of drug-likeness (QED) is 0.835. The average molecular weight is 269 g/mol. The first kappa shape index (κ1) is 14.2. The van der Waals surface area contributed by atoms with Crippen LogP contribution in [0, 0.1) is 17.8 Å². The van der Waals surface area contributed by atoms with Crippen molar-refractivity contribution in [1.82, 2.24) is 4.90 Å². The highest BCUT2D eigenvalue weighted by Crippen LogP contribution is 2.44. The van der Waals surface area contributed by atoms with E-state index < -0.39 is 23.6 Å². The maximum atomic E-state index is 12.0. The number of amides is 1. The zero-order chi connectivity index (χ0) is 14.2. The van der Waals surface area contributed by atoms with Crippen LogP contribution in [0.1, 0.15) is 40.0 Å². The number of carbonyl (C=O) groups excluding carboxylic acids is 1. The maximum absolute atomic E-state index is 12.0. The molecule has 108 valence electrons. The smallest absolute Gasteiger partial charge is 0.410 e. The molecule has 1 aliphatic carbocycles. The molecule has 5 heteroatoms. The fraction of sp³-hybridized carbons (Fsp3) is 0.857. The number of carbonyl (C=O) groups is 2. The molecule has 0 aromatic heterocycles. The van der Waals surface area contributed by atoms with Gasteiger partial charge in [-0.05, 0) is 51.9 Å². The fourth-order valence-corrected chi connectivity index (χ4v) is 2.81.